The standard InChI is InChI=1S/C20H22N4O2/c1-23-18(10-11-22-23)20(25)24-12-6-5-9-17(24)19-21-14-16(26-19)13-15-7-3-2-4-8-15/h2-4,7-8,10-11,14,17H,5-6,9,12-13H2,1H3/t17-/m1/s1. The van der Waals surface area contributed by atoms with Gasteiger partial charge < -0.3 is 9.32 Å². The molecule has 0 N–H and O–H groups in total. The van der Waals surface area contributed by atoms with Gasteiger partial charge in [0.15, 0.2) is 0 Å². The number of aryl methyl sites for hydroxylation is 1. The minimum atomic E-state index is -0.115. The van der Waals surface area contributed by atoms with Gasteiger partial charge in [-0.25, -0.2) is 4.98 Å². The van der Waals surface area contributed by atoms with E-state index in [9.17, 15) is 4.79 Å². The molecule has 6 heteroatoms. The topological polar surface area (TPSA) is 64.2 Å². The number of piperidine rings is 1. The Balaban J connectivity index is 1.55. The van der Waals surface area contributed by atoms with Gasteiger partial charge in [0.2, 0.25) is 5.89 Å². The average Bonchev–Trinajstić information content (AvgIpc) is 3.31. The van der Waals surface area contributed by atoms with E-state index in [4.69, 9.17) is 4.42 Å². The van der Waals surface area contributed by atoms with Crippen molar-refractivity contribution < 1.29 is 9.21 Å². The molecule has 3 aromatic rings. The van der Waals surface area contributed by atoms with Crippen LogP contribution in [0.5, 0.6) is 0 Å². The number of carbonyl (C=O) groups is 1. The normalized spacial score (nSPS) is 17.4. The summed E-state index contributed by atoms with van der Waals surface area (Å²) < 4.78 is 7.64. The molecule has 1 aliphatic rings. The second-order valence-electron chi connectivity index (χ2n) is 6.68. The van der Waals surface area contributed by atoms with Crippen LogP contribution in [0.2, 0.25) is 0 Å². The van der Waals surface area contributed by atoms with Crippen molar-refractivity contribution in [1.82, 2.24) is 19.7 Å². The number of rotatable bonds is 4. The molecule has 26 heavy (non-hydrogen) atoms. The molecule has 1 aliphatic heterocycles. The third-order valence-corrected chi connectivity index (χ3v) is 4.88. The second-order valence-corrected chi connectivity index (χ2v) is 6.68. The number of hydrogen-bond donors (Lipinski definition) is 0. The fourth-order valence-electron chi connectivity index (χ4n) is 3.52. The van der Waals surface area contributed by atoms with E-state index in [0.29, 0.717) is 24.6 Å². The third kappa shape index (κ3) is 3.27. The average molecular weight is 350 g/mol. The number of oxazole rings is 1. The zero-order valence-electron chi connectivity index (χ0n) is 14.8. The SMILES string of the molecule is Cn1nccc1C(=O)N1CCCC[C@@H]1c1ncc(Cc2ccccc2)o1. The third-order valence-electron chi connectivity index (χ3n) is 4.88. The summed E-state index contributed by atoms with van der Waals surface area (Å²) in [5, 5.41) is 4.11. The highest BCUT2D eigenvalue weighted by Crippen LogP contribution is 2.32. The van der Waals surface area contributed by atoms with Crippen LogP contribution in [0, 0.1) is 0 Å². The molecule has 0 spiro atoms. The Morgan fingerprint density at radius 2 is 2.08 bits per heavy atom. The first-order valence-corrected chi connectivity index (χ1v) is 9.00. The highest BCUT2D eigenvalue weighted by Gasteiger charge is 2.33. The van der Waals surface area contributed by atoms with Crippen molar-refractivity contribution >= 4 is 5.91 Å². The van der Waals surface area contributed by atoms with E-state index in [1.165, 1.54) is 5.56 Å². The summed E-state index contributed by atoms with van der Waals surface area (Å²) in [6, 6.07) is 11.8. The van der Waals surface area contributed by atoms with Gasteiger partial charge in [0.05, 0.1) is 6.20 Å². The smallest absolute Gasteiger partial charge is 0.272 e. The van der Waals surface area contributed by atoms with Crippen molar-refractivity contribution in [3.63, 3.8) is 0 Å². The zero-order valence-corrected chi connectivity index (χ0v) is 14.8. The van der Waals surface area contributed by atoms with Gasteiger partial charge in [-0.1, -0.05) is 30.3 Å². The van der Waals surface area contributed by atoms with Gasteiger partial charge in [-0.2, -0.15) is 5.10 Å². The summed E-state index contributed by atoms with van der Waals surface area (Å²) in [7, 11) is 1.79. The minimum Gasteiger partial charge on any atom is -0.443 e. The molecule has 1 aromatic carbocycles. The Hall–Kier alpha value is -2.89. The fourth-order valence-corrected chi connectivity index (χ4v) is 3.52. The molecule has 1 saturated heterocycles. The van der Waals surface area contributed by atoms with Gasteiger partial charge in [-0.15, -0.1) is 0 Å². The lowest BCUT2D eigenvalue weighted by molar-refractivity contribution is 0.0558. The molecule has 0 bridgehead atoms. The summed E-state index contributed by atoms with van der Waals surface area (Å²) in [6.45, 7) is 0.713. The summed E-state index contributed by atoms with van der Waals surface area (Å²) in [5.74, 6) is 1.44. The first-order valence-electron chi connectivity index (χ1n) is 9.00. The lowest BCUT2D eigenvalue weighted by Crippen LogP contribution is -2.39. The first-order chi connectivity index (χ1) is 12.7. The maximum Gasteiger partial charge on any atom is 0.272 e. The maximum atomic E-state index is 13.0. The van der Waals surface area contributed by atoms with Crippen LogP contribution in [0.15, 0.2) is 53.2 Å². The van der Waals surface area contributed by atoms with E-state index in [-0.39, 0.29) is 11.9 Å². The van der Waals surface area contributed by atoms with Crippen LogP contribution in [0.1, 0.15) is 53.0 Å². The molecule has 2 aromatic heterocycles. The Labute approximate surface area is 152 Å². The van der Waals surface area contributed by atoms with Crippen LogP contribution in [-0.2, 0) is 13.5 Å². The zero-order chi connectivity index (χ0) is 17.9. The molecule has 1 amide bonds. The molecular formula is C20H22N4O2. The molecule has 0 saturated carbocycles. The minimum absolute atomic E-state index is 0.0162. The molecule has 3 heterocycles. The number of hydrogen-bond acceptors (Lipinski definition) is 4. The summed E-state index contributed by atoms with van der Waals surface area (Å²) in [5.41, 5.74) is 1.77. The van der Waals surface area contributed by atoms with Crippen LogP contribution in [0.4, 0.5) is 0 Å². The molecule has 6 nitrogen and oxygen atoms in total. The summed E-state index contributed by atoms with van der Waals surface area (Å²) >= 11 is 0. The predicted octanol–water partition coefficient (Wildman–Crippen LogP) is 3.37. The van der Waals surface area contributed by atoms with E-state index in [1.54, 1.807) is 30.2 Å². The lowest BCUT2D eigenvalue weighted by Gasteiger charge is -2.33. The molecule has 0 aliphatic carbocycles. The molecule has 1 fully saturated rings. The van der Waals surface area contributed by atoms with Gasteiger partial charge in [-0.05, 0) is 30.9 Å². The summed E-state index contributed by atoms with van der Waals surface area (Å²) in [6.07, 6.45) is 7.07. The van der Waals surface area contributed by atoms with Crippen molar-refractivity contribution in [1.29, 1.82) is 0 Å². The molecule has 134 valence electrons. The number of aromatic nitrogens is 3. The van der Waals surface area contributed by atoms with Crippen LogP contribution < -0.4 is 0 Å². The fraction of sp³-hybridized carbons (Fsp3) is 0.350. The van der Waals surface area contributed by atoms with Crippen LogP contribution >= 0.6 is 0 Å². The van der Waals surface area contributed by atoms with Gasteiger partial charge in [0, 0.05) is 26.2 Å². The van der Waals surface area contributed by atoms with Crippen LogP contribution in [0.25, 0.3) is 0 Å². The first kappa shape index (κ1) is 16.6. The monoisotopic (exact) mass is 350 g/mol. The van der Waals surface area contributed by atoms with Gasteiger partial charge in [0.1, 0.15) is 17.5 Å². The number of carbonyl (C=O) groups excluding carboxylic acids is 1. The van der Waals surface area contributed by atoms with Crippen molar-refractivity contribution in [2.24, 2.45) is 7.05 Å². The largest absolute Gasteiger partial charge is 0.443 e. The highest BCUT2D eigenvalue weighted by atomic mass is 16.4. The van der Waals surface area contributed by atoms with E-state index >= 15 is 0 Å². The Morgan fingerprint density at radius 3 is 2.85 bits per heavy atom. The number of benzene rings is 1. The number of nitrogens with zero attached hydrogens (tertiary/aromatic N) is 4. The van der Waals surface area contributed by atoms with E-state index < -0.39 is 0 Å². The Morgan fingerprint density at radius 1 is 1.23 bits per heavy atom. The van der Waals surface area contributed by atoms with Crippen LogP contribution in [0.3, 0.4) is 0 Å². The van der Waals surface area contributed by atoms with E-state index in [1.807, 2.05) is 23.1 Å². The number of likely N-dealkylation sites (tertiary alicyclic amines) is 1. The van der Waals surface area contributed by atoms with Gasteiger partial charge in [-0.3, -0.25) is 9.48 Å². The second kappa shape index (κ2) is 7.15. The van der Waals surface area contributed by atoms with Crippen LogP contribution in [-0.4, -0.2) is 32.1 Å². The highest BCUT2D eigenvalue weighted by molar-refractivity contribution is 5.92. The molecular weight excluding hydrogens is 328 g/mol. The Kier molecular flexibility index (Phi) is 4.56. The molecule has 4 rings (SSSR count). The van der Waals surface area contributed by atoms with Gasteiger partial charge in [0.25, 0.3) is 5.91 Å². The number of amides is 1. The molecule has 1 atom stereocenters. The van der Waals surface area contributed by atoms with E-state index in [0.717, 1.165) is 25.0 Å². The lowest BCUT2D eigenvalue weighted by atomic mass is 10.0. The van der Waals surface area contributed by atoms with Crippen molar-refractivity contribution in [3.8, 4) is 0 Å². The maximum absolute atomic E-state index is 13.0. The molecule has 0 unspecified atom stereocenters. The van der Waals surface area contributed by atoms with Crippen molar-refractivity contribution in [3.05, 3.63) is 71.7 Å². The van der Waals surface area contributed by atoms with E-state index in [2.05, 4.69) is 22.2 Å². The van der Waals surface area contributed by atoms with Gasteiger partial charge >= 0.3 is 0 Å². The van der Waals surface area contributed by atoms with Crippen molar-refractivity contribution in [2.75, 3.05) is 6.54 Å². The molecule has 0 radical (unpaired) electrons. The summed E-state index contributed by atoms with van der Waals surface area (Å²) in [4.78, 5) is 19.3. The predicted molar refractivity (Wildman–Crippen MR) is 96.6 cm³/mol. The van der Waals surface area contributed by atoms with Crippen molar-refractivity contribution in [2.45, 2.75) is 31.7 Å². The Bertz CT molecular complexity index is 884. The quantitative estimate of drug-likeness (QED) is 0.724.